The van der Waals surface area contributed by atoms with Gasteiger partial charge in [0.15, 0.2) is 0 Å². The first kappa shape index (κ1) is 12.9. The number of rotatable bonds is 4. The lowest BCUT2D eigenvalue weighted by Crippen LogP contribution is -2.15. The van der Waals surface area contributed by atoms with Crippen LogP contribution in [-0.2, 0) is 11.2 Å². The third kappa shape index (κ3) is 2.60. The van der Waals surface area contributed by atoms with Crippen LogP contribution in [0.2, 0.25) is 0 Å². The number of nitrogens with one attached hydrogen (secondary N) is 1. The van der Waals surface area contributed by atoms with Crippen molar-refractivity contribution >= 4 is 11.6 Å². The lowest BCUT2D eigenvalue weighted by Gasteiger charge is -2.09. The van der Waals surface area contributed by atoms with E-state index in [0.717, 1.165) is 18.5 Å². The molecular weight excluding hydrogens is 246 g/mol. The van der Waals surface area contributed by atoms with Crippen LogP contribution in [0.15, 0.2) is 54.6 Å². The fourth-order valence-corrected chi connectivity index (χ4v) is 2.73. The maximum atomic E-state index is 12.3. The number of anilines is 1. The van der Waals surface area contributed by atoms with E-state index in [0.29, 0.717) is 5.92 Å². The molecular formula is C18H19NO. The van der Waals surface area contributed by atoms with Gasteiger partial charge in [-0.2, -0.15) is 0 Å². The third-order valence-corrected chi connectivity index (χ3v) is 4.01. The first-order valence-electron chi connectivity index (χ1n) is 7.23. The van der Waals surface area contributed by atoms with Crippen molar-refractivity contribution in [3.8, 4) is 0 Å². The van der Waals surface area contributed by atoms with Crippen molar-refractivity contribution in [2.45, 2.75) is 25.7 Å². The molecule has 2 atom stereocenters. The second-order valence-corrected chi connectivity index (χ2v) is 5.36. The molecule has 0 bridgehead atoms. The van der Waals surface area contributed by atoms with Gasteiger partial charge in [-0.05, 0) is 36.0 Å². The van der Waals surface area contributed by atoms with Crippen molar-refractivity contribution in [2.24, 2.45) is 5.92 Å². The van der Waals surface area contributed by atoms with E-state index in [1.807, 2.05) is 36.4 Å². The Labute approximate surface area is 119 Å². The highest BCUT2D eigenvalue weighted by Gasteiger charge is 2.43. The molecule has 1 N–H and O–H groups in total. The SMILES string of the molecule is CCc1ccccc1NC(=O)[C@@H]1C[C@H]1c1ccccc1. The average Bonchev–Trinajstić information content (AvgIpc) is 3.29. The number of carbonyl (C=O) groups excluding carboxylic acids is 1. The van der Waals surface area contributed by atoms with Gasteiger partial charge in [-0.1, -0.05) is 55.5 Å². The Hall–Kier alpha value is -2.09. The summed E-state index contributed by atoms with van der Waals surface area (Å²) in [6, 6.07) is 18.3. The Morgan fingerprint density at radius 2 is 1.80 bits per heavy atom. The highest BCUT2D eigenvalue weighted by Crippen LogP contribution is 2.47. The molecule has 1 aliphatic rings. The molecule has 1 saturated carbocycles. The molecule has 0 saturated heterocycles. The highest BCUT2D eigenvalue weighted by molar-refractivity contribution is 5.95. The molecule has 0 aromatic heterocycles. The zero-order valence-corrected chi connectivity index (χ0v) is 11.7. The van der Waals surface area contributed by atoms with Crippen LogP contribution in [0, 0.1) is 5.92 Å². The zero-order valence-electron chi connectivity index (χ0n) is 11.7. The maximum absolute atomic E-state index is 12.3. The Balaban J connectivity index is 1.67. The number of para-hydroxylation sites is 1. The van der Waals surface area contributed by atoms with Crippen LogP contribution in [-0.4, -0.2) is 5.91 Å². The quantitative estimate of drug-likeness (QED) is 0.889. The van der Waals surface area contributed by atoms with E-state index in [9.17, 15) is 4.79 Å². The minimum Gasteiger partial charge on any atom is -0.326 e. The van der Waals surface area contributed by atoms with Crippen LogP contribution in [0.1, 0.15) is 30.4 Å². The molecule has 1 aliphatic carbocycles. The van der Waals surface area contributed by atoms with Crippen molar-refractivity contribution in [3.05, 3.63) is 65.7 Å². The van der Waals surface area contributed by atoms with Crippen LogP contribution >= 0.6 is 0 Å². The van der Waals surface area contributed by atoms with Crippen LogP contribution in [0.25, 0.3) is 0 Å². The molecule has 0 spiro atoms. The summed E-state index contributed by atoms with van der Waals surface area (Å²) >= 11 is 0. The monoisotopic (exact) mass is 265 g/mol. The highest BCUT2D eigenvalue weighted by atomic mass is 16.2. The molecule has 0 radical (unpaired) electrons. The molecule has 102 valence electrons. The van der Waals surface area contributed by atoms with Gasteiger partial charge in [-0.3, -0.25) is 4.79 Å². The van der Waals surface area contributed by atoms with Gasteiger partial charge < -0.3 is 5.32 Å². The molecule has 20 heavy (non-hydrogen) atoms. The fraction of sp³-hybridized carbons (Fsp3) is 0.278. The van der Waals surface area contributed by atoms with Crippen molar-refractivity contribution in [1.82, 2.24) is 0 Å². The molecule has 1 fully saturated rings. The largest absolute Gasteiger partial charge is 0.326 e. The lowest BCUT2D eigenvalue weighted by molar-refractivity contribution is -0.117. The zero-order chi connectivity index (χ0) is 13.9. The summed E-state index contributed by atoms with van der Waals surface area (Å²) in [5.74, 6) is 0.673. The average molecular weight is 265 g/mol. The maximum Gasteiger partial charge on any atom is 0.228 e. The van der Waals surface area contributed by atoms with E-state index < -0.39 is 0 Å². The third-order valence-electron chi connectivity index (χ3n) is 4.01. The van der Waals surface area contributed by atoms with E-state index >= 15 is 0 Å². The van der Waals surface area contributed by atoms with Crippen LogP contribution in [0.3, 0.4) is 0 Å². The summed E-state index contributed by atoms with van der Waals surface area (Å²) in [6.07, 6.45) is 1.90. The van der Waals surface area contributed by atoms with Gasteiger partial charge in [0.1, 0.15) is 0 Å². The van der Waals surface area contributed by atoms with Crippen molar-refractivity contribution in [2.75, 3.05) is 5.32 Å². The summed E-state index contributed by atoms with van der Waals surface area (Å²) < 4.78 is 0. The first-order valence-corrected chi connectivity index (χ1v) is 7.23. The van der Waals surface area contributed by atoms with Gasteiger partial charge in [-0.15, -0.1) is 0 Å². The minimum atomic E-state index is 0.127. The van der Waals surface area contributed by atoms with Crippen molar-refractivity contribution in [1.29, 1.82) is 0 Å². The van der Waals surface area contributed by atoms with Gasteiger partial charge >= 0.3 is 0 Å². The van der Waals surface area contributed by atoms with E-state index in [1.165, 1.54) is 11.1 Å². The summed E-state index contributed by atoms with van der Waals surface area (Å²) in [4.78, 5) is 12.3. The predicted molar refractivity (Wildman–Crippen MR) is 81.7 cm³/mol. The number of hydrogen-bond acceptors (Lipinski definition) is 1. The molecule has 0 aliphatic heterocycles. The van der Waals surface area contributed by atoms with Crippen molar-refractivity contribution < 1.29 is 4.79 Å². The van der Waals surface area contributed by atoms with Gasteiger partial charge in [0, 0.05) is 11.6 Å². The molecule has 2 aromatic carbocycles. The smallest absolute Gasteiger partial charge is 0.228 e. The molecule has 3 rings (SSSR count). The van der Waals surface area contributed by atoms with E-state index in [1.54, 1.807) is 0 Å². The molecule has 0 heterocycles. The Morgan fingerprint density at radius 1 is 1.10 bits per heavy atom. The van der Waals surface area contributed by atoms with E-state index in [-0.39, 0.29) is 11.8 Å². The Bertz CT molecular complexity index is 606. The normalized spacial score (nSPS) is 20.4. The Kier molecular flexibility index (Phi) is 3.55. The van der Waals surface area contributed by atoms with Gasteiger partial charge in [0.05, 0.1) is 0 Å². The van der Waals surface area contributed by atoms with Gasteiger partial charge in [0.25, 0.3) is 0 Å². The minimum absolute atomic E-state index is 0.127. The summed E-state index contributed by atoms with van der Waals surface area (Å²) in [5, 5.41) is 3.08. The van der Waals surface area contributed by atoms with Gasteiger partial charge in [0.2, 0.25) is 5.91 Å². The Morgan fingerprint density at radius 3 is 2.55 bits per heavy atom. The number of carbonyl (C=O) groups is 1. The lowest BCUT2D eigenvalue weighted by atomic mass is 10.1. The summed E-state index contributed by atoms with van der Waals surface area (Å²) in [7, 11) is 0. The predicted octanol–water partition coefficient (Wildman–Crippen LogP) is 3.99. The molecule has 2 nitrogen and oxygen atoms in total. The number of benzene rings is 2. The fourth-order valence-electron chi connectivity index (χ4n) is 2.73. The van der Waals surface area contributed by atoms with E-state index in [2.05, 4.69) is 30.4 Å². The first-order chi connectivity index (χ1) is 9.79. The molecule has 1 amide bonds. The summed E-state index contributed by atoms with van der Waals surface area (Å²) in [5.41, 5.74) is 3.42. The van der Waals surface area contributed by atoms with Crippen LogP contribution in [0.4, 0.5) is 5.69 Å². The van der Waals surface area contributed by atoms with E-state index in [4.69, 9.17) is 0 Å². The molecule has 2 aromatic rings. The molecule has 0 unspecified atom stereocenters. The number of aryl methyl sites for hydroxylation is 1. The summed E-state index contributed by atoms with van der Waals surface area (Å²) in [6.45, 7) is 2.11. The molecule has 2 heteroatoms. The van der Waals surface area contributed by atoms with Crippen LogP contribution in [0.5, 0.6) is 0 Å². The number of hydrogen-bond donors (Lipinski definition) is 1. The second-order valence-electron chi connectivity index (χ2n) is 5.36. The number of amides is 1. The van der Waals surface area contributed by atoms with Gasteiger partial charge in [-0.25, -0.2) is 0 Å². The standard InChI is InChI=1S/C18H19NO/c1-2-13-8-6-7-11-17(13)19-18(20)16-12-15(16)14-9-4-3-5-10-14/h3-11,15-16H,2,12H2,1H3,(H,19,20)/t15-,16+/m0/s1. The van der Waals surface area contributed by atoms with Crippen LogP contribution < -0.4 is 5.32 Å². The van der Waals surface area contributed by atoms with Crippen molar-refractivity contribution in [3.63, 3.8) is 0 Å². The topological polar surface area (TPSA) is 29.1 Å². The second kappa shape index (κ2) is 5.49.